The summed E-state index contributed by atoms with van der Waals surface area (Å²) in [4.78, 5) is 10.9. The molecule has 0 saturated heterocycles. The van der Waals surface area contributed by atoms with Gasteiger partial charge in [0.1, 0.15) is 0 Å². The van der Waals surface area contributed by atoms with Crippen molar-refractivity contribution < 1.29 is 9.53 Å². The summed E-state index contributed by atoms with van der Waals surface area (Å²) in [5.41, 5.74) is 7.48. The molecule has 3 nitrogen and oxygen atoms in total. The normalized spacial score (nSPS) is 11.0. The van der Waals surface area contributed by atoms with Crippen molar-refractivity contribution in [2.75, 3.05) is 13.2 Å². The second-order valence-corrected chi connectivity index (χ2v) is 5.53. The van der Waals surface area contributed by atoms with E-state index >= 15 is 0 Å². The van der Waals surface area contributed by atoms with E-state index in [2.05, 4.69) is 6.58 Å². The predicted octanol–water partition coefficient (Wildman–Crippen LogP) is 7.07. The van der Waals surface area contributed by atoms with Crippen molar-refractivity contribution in [3.8, 4) is 0 Å². The first-order valence-corrected chi connectivity index (χ1v) is 10.5. The highest BCUT2D eigenvalue weighted by atomic mass is 35.5. The summed E-state index contributed by atoms with van der Waals surface area (Å²) in [6, 6.07) is 7.78. The van der Waals surface area contributed by atoms with Crippen LogP contribution in [0.15, 0.2) is 55.1 Å². The zero-order valence-electron chi connectivity index (χ0n) is 18.8. The highest BCUT2D eigenvalue weighted by molar-refractivity contribution is 6.30. The zero-order chi connectivity index (χ0) is 22.4. The summed E-state index contributed by atoms with van der Waals surface area (Å²) in [5.74, 6) is -0.196. The van der Waals surface area contributed by atoms with E-state index in [1.165, 1.54) is 0 Å². The first-order chi connectivity index (χ1) is 13.5. The van der Waals surface area contributed by atoms with Crippen molar-refractivity contribution >= 4 is 23.1 Å². The SMILES string of the molecule is C=C/C=C(\C=C/C)c1cccc(Cl)c1.CC.CC.CCOC(=O)C(C)CCN. The average Bonchev–Trinajstić information content (AvgIpc) is 2.72. The molecule has 160 valence electrons. The van der Waals surface area contributed by atoms with Crippen LogP contribution < -0.4 is 5.73 Å². The Morgan fingerprint density at radius 3 is 2.32 bits per heavy atom. The summed E-state index contributed by atoms with van der Waals surface area (Å²) in [6.07, 6.45) is 8.48. The molecule has 0 fully saturated rings. The number of rotatable bonds is 7. The van der Waals surface area contributed by atoms with E-state index in [1.54, 1.807) is 13.0 Å². The van der Waals surface area contributed by atoms with Gasteiger partial charge in [-0.3, -0.25) is 4.79 Å². The number of halogens is 1. The lowest BCUT2D eigenvalue weighted by molar-refractivity contribution is -0.147. The Bertz CT molecular complexity index is 565. The highest BCUT2D eigenvalue weighted by Crippen LogP contribution is 2.19. The molecular weight excluding hydrogens is 370 g/mol. The minimum atomic E-state index is -0.145. The maximum atomic E-state index is 10.9. The van der Waals surface area contributed by atoms with Gasteiger partial charge in [0.05, 0.1) is 12.5 Å². The summed E-state index contributed by atoms with van der Waals surface area (Å²) in [5, 5.41) is 0.752. The van der Waals surface area contributed by atoms with Gasteiger partial charge in [0.15, 0.2) is 0 Å². The monoisotopic (exact) mass is 409 g/mol. The number of allylic oxidation sites excluding steroid dienone is 5. The minimum absolute atomic E-state index is 0.0510. The molecule has 4 heteroatoms. The van der Waals surface area contributed by atoms with Crippen LogP contribution in [0.25, 0.3) is 5.57 Å². The first-order valence-electron chi connectivity index (χ1n) is 10.1. The Morgan fingerprint density at radius 1 is 1.29 bits per heavy atom. The van der Waals surface area contributed by atoms with Crippen LogP contribution >= 0.6 is 11.6 Å². The lowest BCUT2D eigenvalue weighted by Crippen LogP contribution is -2.17. The zero-order valence-corrected chi connectivity index (χ0v) is 19.6. The molecule has 0 spiro atoms. The molecule has 0 aliphatic rings. The number of esters is 1. The van der Waals surface area contributed by atoms with Gasteiger partial charge in [-0.15, -0.1) is 0 Å². The van der Waals surface area contributed by atoms with Gasteiger partial charge in [-0.2, -0.15) is 0 Å². The molecule has 1 rings (SSSR count). The Balaban J connectivity index is -0.000000394. The summed E-state index contributed by atoms with van der Waals surface area (Å²) in [6.45, 7) is 18.3. The molecule has 2 N–H and O–H groups in total. The summed E-state index contributed by atoms with van der Waals surface area (Å²) in [7, 11) is 0. The van der Waals surface area contributed by atoms with E-state index in [1.807, 2.05) is 84.0 Å². The number of benzene rings is 1. The largest absolute Gasteiger partial charge is 0.466 e. The smallest absolute Gasteiger partial charge is 0.308 e. The molecule has 0 heterocycles. The second-order valence-electron chi connectivity index (χ2n) is 5.10. The van der Waals surface area contributed by atoms with Crippen LogP contribution in [-0.2, 0) is 9.53 Å². The second kappa shape index (κ2) is 23.2. The van der Waals surface area contributed by atoms with E-state index in [0.717, 1.165) is 16.2 Å². The Kier molecular flexibility index (Phi) is 25.6. The quantitative estimate of drug-likeness (QED) is 0.386. The van der Waals surface area contributed by atoms with Crippen LogP contribution in [0.3, 0.4) is 0 Å². The first kappa shape index (κ1) is 30.9. The Morgan fingerprint density at radius 2 is 1.89 bits per heavy atom. The molecule has 0 aliphatic heterocycles. The molecule has 1 unspecified atom stereocenters. The summed E-state index contributed by atoms with van der Waals surface area (Å²) >= 11 is 5.91. The van der Waals surface area contributed by atoms with Gasteiger partial charge >= 0.3 is 5.97 Å². The van der Waals surface area contributed by atoms with Gasteiger partial charge in [0, 0.05) is 5.02 Å². The van der Waals surface area contributed by atoms with Crippen LogP contribution in [0.2, 0.25) is 5.02 Å². The van der Waals surface area contributed by atoms with Gasteiger partial charge in [-0.05, 0) is 50.1 Å². The van der Waals surface area contributed by atoms with Crippen molar-refractivity contribution in [2.24, 2.45) is 11.7 Å². The van der Waals surface area contributed by atoms with Crippen LogP contribution in [0.1, 0.15) is 60.5 Å². The molecular formula is C24H40ClNO2. The molecule has 0 radical (unpaired) electrons. The van der Waals surface area contributed by atoms with E-state index in [0.29, 0.717) is 19.6 Å². The number of carbonyl (C=O) groups excluding carboxylic acids is 1. The van der Waals surface area contributed by atoms with Crippen LogP contribution in [-0.4, -0.2) is 19.1 Å². The highest BCUT2D eigenvalue weighted by Gasteiger charge is 2.11. The van der Waals surface area contributed by atoms with Crippen LogP contribution in [0, 0.1) is 5.92 Å². The van der Waals surface area contributed by atoms with Gasteiger partial charge in [0.25, 0.3) is 0 Å². The van der Waals surface area contributed by atoms with E-state index in [9.17, 15) is 4.79 Å². The van der Waals surface area contributed by atoms with E-state index < -0.39 is 0 Å². The molecule has 0 aromatic heterocycles. The average molecular weight is 410 g/mol. The number of hydrogen-bond acceptors (Lipinski definition) is 3. The predicted molar refractivity (Wildman–Crippen MR) is 127 cm³/mol. The Hall–Kier alpha value is -1.84. The van der Waals surface area contributed by atoms with E-state index in [4.69, 9.17) is 22.1 Å². The van der Waals surface area contributed by atoms with Crippen LogP contribution in [0.5, 0.6) is 0 Å². The van der Waals surface area contributed by atoms with Crippen molar-refractivity contribution in [2.45, 2.75) is 54.9 Å². The molecule has 0 saturated carbocycles. The molecule has 28 heavy (non-hydrogen) atoms. The fourth-order valence-corrected chi connectivity index (χ4v) is 2.07. The van der Waals surface area contributed by atoms with Gasteiger partial charge in [0.2, 0.25) is 0 Å². The van der Waals surface area contributed by atoms with Gasteiger partial charge in [-0.25, -0.2) is 0 Å². The third-order valence-corrected chi connectivity index (χ3v) is 3.33. The van der Waals surface area contributed by atoms with Gasteiger partial charge < -0.3 is 10.5 Å². The topological polar surface area (TPSA) is 52.3 Å². The number of ether oxygens (including phenoxy) is 1. The number of carbonyl (C=O) groups is 1. The third-order valence-electron chi connectivity index (χ3n) is 3.09. The molecule has 1 aromatic carbocycles. The van der Waals surface area contributed by atoms with Crippen molar-refractivity contribution in [3.05, 3.63) is 65.7 Å². The molecule has 0 bridgehead atoms. The number of nitrogens with two attached hydrogens (primary N) is 1. The molecule has 1 atom stereocenters. The fourth-order valence-electron chi connectivity index (χ4n) is 1.87. The maximum absolute atomic E-state index is 10.9. The summed E-state index contributed by atoms with van der Waals surface area (Å²) < 4.78 is 4.76. The third kappa shape index (κ3) is 16.3. The lowest BCUT2D eigenvalue weighted by atomic mass is 10.1. The van der Waals surface area contributed by atoms with E-state index in [-0.39, 0.29) is 11.9 Å². The van der Waals surface area contributed by atoms with Gasteiger partial charge in [-0.1, -0.05) is 89.2 Å². The standard InChI is InChI=1S/C13H13Cl.C7H15NO2.2C2H6/c1-3-6-11(7-4-2)12-8-5-9-13(14)10-12;1-3-10-7(9)6(2)4-5-8;2*1-2/h3-10H,1H2,2H3;6H,3-5,8H2,1-2H3;2*1-2H3/b7-4-,11-6+;;;. The van der Waals surface area contributed by atoms with Crippen molar-refractivity contribution in [1.82, 2.24) is 0 Å². The maximum Gasteiger partial charge on any atom is 0.308 e. The van der Waals surface area contributed by atoms with Crippen molar-refractivity contribution in [3.63, 3.8) is 0 Å². The lowest BCUT2D eigenvalue weighted by Gasteiger charge is -2.07. The van der Waals surface area contributed by atoms with Crippen LogP contribution in [0.4, 0.5) is 0 Å². The minimum Gasteiger partial charge on any atom is -0.466 e. The molecule has 0 aliphatic carbocycles. The molecule has 1 aromatic rings. The fraction of sp³-hybridized carbons (Fsp3) is 0.458. The Labute approximate surface area is 178 Å². The van der Waals surface area contributed by atoms with Crippen molar-refractivity contribution in [1.29, 1.82) is 0 Å². The number of hydrogen-bond donors (Lipinski definition) is 1. The molecule has 0 amide bonds.